The minimum atomic E-state index is 0.730. The van der Waals surface area contributed by atoms with Crippen LogP contribution in [0.4, 0.5) is 5.69 Å². The lowest BCUT2D eigenvalue weighted by molar-refractivity contribution is 0.559. The second kappa shape index (κ2) is 25.8. The molecule has 0 heterocycles. The summed E-state index contributed by atoms with van der Waals surface area (Å²) in [6.45, 7) is 14.1. The Bertz CT molecular complexity index is 2530. The van der Waals surface area contributed by atoms with Gasteiger partial charge in [-0.15, -0.1) is 12.3 Å². The number of allylic oxidation sites excluding steroid dienone is 23. The SMILES string of the molecule is C=C/C=C\C=C(/C)N(C1=CC(c2ccccc2)=CC=C=C1)C(/C=C\Cc1ccc(N/C=C/C=C(\C=C/c2ccc(C(/C=C\C)=C/C=C\C)cc2)c2ccccc2)cc1)=C/CC=C. The lowest BCUT2D eigenvalue weighted by atomic mass is 10.0. The minimum absolute atomic E-state index is 0.730. The maximum atomic E-state index is 4.00. The fourth-order valence-electron chi connectivity index (χ4n) is 6.63. The number of benzene rings is 4. The highest BCUT2D eigenvalue weighted by molar-refractivity contribution is 5.81. The number of rotatable bonds is 20. The summed E-state index contributed by atoms with van der Waals surface area (Å²) in [5, 5.41) is 3.45. The van der Waals surface area contributed by atoms with Crippen LogP contribution in [-0.4, -0.2) is 4.90 Å². The van der Waals surface area contributed by atoms with E-state index in [1.807, 2.05) is 68.6 Å². The smallest absolute Gasteiger partial charge is 0.0541 e. The van der Waals surface area contributed by atoms with E-state index in [9.17, 15) is 0 Å². The first-order valence-electron chi connectivity index (χ1n) is 21.2. The van der Waals surface area contributed by atoms with Crippen molar-refractivity contribution in [3.63, 3.8) is 0 Å². The van der Waals surface area contributed by atoms with Gasteiger partial charge in [0.15, 0.2) is 0 Å². The average molecular weight is 807 g/mol. The fourth-order valence-corrected chi connectivity index (χ4v) is 6.63. The molecule has 62 heavy (non-hydrogen) atoms. The fraction of sp³-hybridized carbons (Fsp3) is 0.0833. The van der Waals surface area contributed by atoms with Gasteiger partial charge in [0, 0.05) is 29.4 Å². The van der Waals surface area contributed by atoms with Crippen LogP contribution in [0.2, 0.25) is 0 Å². The predicted molar refractivity (Wildman–Crippen MR) is 273 cm³/mol. The van der Waals surface area contributed by atoms with E-state index in [1.54, 1.807) is 6.08 Å². The third kappa shape index (κ3) is 14.6. The molecule has 308 valence electrons. The van der Waals surface area contributed by atoms with Crippen LogP contribution < -0.4 is 5.32 Å². The number of nitrogens with zero attached hydrogens (tertiary/aromatic N) is 1. The Labute approximate surface area is 371 Å². The van der Waals surface area contributed by atoms with Crippen molar-refractivity contribution in [2.75, 3.05) is 5.32 Å². The molecule has 2 nitrogen and oxygen atoms in total. The summed E-state index contributed by atoms with van der Waals surface area (Å²) in [5.74, 6) is 0. The number of anilines is 1. The van der Waals surface area contributed by atoms with E-state index in [1.165, 1.54) is 16.7 Å². The molecule has 0 radical (unpaired) electrons. The zero-order valence-corrected chi connectivity index (χ0v) is 36.4. The lowest BCUT2D eigenvalue weighted by Crippen LogP contribution is -2.19. The molecule has 1 N–H and O–H groups in total. The largest absolute Gasteiger partial charge is 0.362 e. The highest BCUT2D eigenvalue weighted by Gasteiger charge is 2.15. The predicted octanol–water partition coefficient (Wildman–Crippen LogP) is 16.1. The molecule has 1 aliphatic rings. The van der Waals surface area contributed by atoms with E-state index in [0.29, 0.717) is 0 Å². The lowest BCUT2D eigenvalue weighted by Gasteiger charge is -2.28. The first-order chi connectivity index (χ1) is 30.5. The van der Waals surface area contributed by atoms with Crippen molar-refractivity contribution in [2.24, 2.45) is 0 Å². The first kappa shape index (κ1) is 45.4. The quantitative estimate of drug-likeness (QED) is 0.0544. The number of hydrogen-bond donors (Lipinski definition) is 1. The second-order valence-electron chi connectivity index (χ2n) is 14.4. The first-order valence-corrected chi connectivity index (χ1v) is 21.2. The highest BCUT2D eigenvalue weighted by atomic mass is 15.2. The Kier molecular flexibility index (Phi) is 18.9. The van der Waals surface area contributed by atoms with Crippen molar-refractivity contribution < 1.29 is 0 Å². The van der Waals surface area contributed by atoms with Crippen LogP contribution >= 0.6 is 0 Å². The summed E-state index contributed by atoms with van der Waals surface area (Å²) < 4.78 is 0. The molecule has 1 aliphatic carbocycles. The summed E-state index contributed by atoms with van der Waals surface area (Å²) in [5.41, 5.74) is 16.8. The van der Waals surface area contributed by atoms with Crippen LogP contribution in [0.5, 0.6) is 0 Å². The third-order valence-corrected chi connectivity index (χ3v) is 9.79. The molecule has 0 aromatic heterocycles. The minimum Gasteiger partial charge on any atom is -0.362 e. The molecule has 0 aliphatic heterocycles. The number of hydrogen-bond acceptors (Lipinski definition) is 2. The average Bonchev–Trinajstić information content (AvgIpc) is 3.57. The van der Waals surface area contributed by atoms with E-state index in [2.05, 4.69) is 218 Å². The molecule has 0 atom stereocenters. The molecule has 0 spiro atoms. The molecule has 0 saturated heterocycles. The van der Waals surface area contributed by atoms with E-state index in [-0.39, 0.29) is 0 Å². The molecule has 0 unspecified atom stereocenters. The van der Waals surface area contributed by atoms with Crippen LogP contribution in [0.1, 0.15) is 55.0 Å². The van der Waals surface area contributed by atoms with Crippen LogP contribution in [0.15, 0.2) is 273 Å². The van der Waals surface area contributed by atoms with Crippen LogP contribution in [0.25, 0.3) is 22.8 Å². The second-order valence-corrected chi connectivity index (χ2v) is 14.4. The van der Waals surface area contributed by atoms with Crippen molar-refractivity contribution in [1.82, 2.24) is 4.90 Å². The number of nitrogens with one attached hydrogen (secondary N) is 1. The monoisotopic (exact) mass is 806 g/mol. The summed E-state index contributed by atoms with van der Waals surface area (Å²) in [6, 6.07) is 38.2. The normalized spacial score (nSPS) is 14.1. The molecule has 4 aromatic carbocycles. The van der Waals surface area contributed by atoms with Crippen molar-refractivity contribution in [3.8, 4) is 0 Å². The van der Waals surface area contributed by atoms with Crippen LogP contribution in [0.3, 0.4) is 0 Å². The maximum absolute atomic E-state index is 4.00. The van der Waals surface area contributed by atoms with Crippen LogP contribution in [0, 0.1) is 0 Å². The molecule has 0 fully saturated rings. The molecule has 4 aromatic rings. The van der Waals surface area contributed by atoms with Crippen molar-refractivity contribution >= 4 is 28.5 Å². The molecular weight excluding hydrogens is 749 g/mol. The van der Waals surface area contributed by atoms with Gasteiger partial charge in [0.25, 0.3) is 0 Å². The molecule has 5 rings (SSSR count). The Morgan fingerprint density at radius 2 is 1.42 bits per heavy atom. The summed E-state index contributed by atoms with van der Waals surface area (Å²) in [6.07, 6.45) is 47.2. The van der Waals surface area contributed by atoms with Gasteiger partial charge in [0.2, 0.25) is 0 Å². The van der Waals surface area contributed by atoms with Gasteiger partial charge in [-0.2, -0.15) is 0 Å². The van der Waals surface area contributed by atoms with Crippen LogP contribution in [-0.2, 0) is 6.42 Å². The van der Waals surface area contributed by atoms with E-state index in [0.717, 1.165) is 63.5 Å². The van der Waals surface area contributed by atoms with Gasteiger partial charge in [0.05, 0.1) is 5.70 Å². The van der Waals surface area contributed by atoms with E-state index >= 15 is 0 Å². The van der Waals surface area contributed by atoms with Gasteiger partial charge in [0.1, 0.15) is 0 Å². The maximum Gasteiger partial charge on any atom is 0.0541 e. The van der Waals surface area contributed by atoms with Gasteiger partial charge < -0.3 is 10.2 Å². The van der Waals surface area contributed by atoms with Crippen molar-refractivity contribution in [3.05, 3.63) is 301 Å². The molecule has 0 bridgehead atoms. The zero-order chi connectivity index (χ0) is 43.6. The Balaban J connectivity index is 1.29. The Hall–Kier alpha value is -7.64. The Morgan fingerprint density at radius 1 is 0.710 bits per heavy atom. The van der Waals surface area contributed by atoms with Gasteiger partial charge in [-0.3, -0.25) is 0 Å². The topological polar surface area (TPSA) is 15.3 Å². The summed E-state index contributed by atoms with van der Waals surface area (Å²) >= 11 is 0. The van der Waals surface area contributed by atoms with E-state index in [4.69, 9.17) is 0 Å². The van der Waals surface area contributed by atoms with Gasteiger partial charge in [-0.1, -0.05) is 189 Å². The van der Waals surface area contributed by atoms with Gasteiger partial charge in [-0.25, -0.2) is 0 Å². The molecular formula is C60H58N2. The highest BCUT2D eigenvalue weighted by Crippen LogP contribution is 2.29. The van der Waals surface area contributed by atoms with Gasteiger partial charge in [-0.05, 0) is 127 Å². The summed E-state index contributed by atoms with van der Waals surface area (Å²) in [7, 11) is 0. The molecule has 0 amide bonds. The standard InChI is InChI=1S/C60H58N2/c1-6-10-15-25-49(5)62(60-35-21-20-32-57(48-60)54-30-18-14-19-31-54)59(34-12-8-3)36-22-26-50-40-45-58(46-41-50)61-47-23-33-55(53-28-16-13-17-29-53)42-37-51-38-43-56(44-39-51)52(24-9-4)27-11-7-2/h6-11,13-20,22-25,27-48,61H,1,3,12,26H2,2,4-5H3/b11-7-,15-10-,24-9-,36-22-,42-37-,47-23+,49-25+,52-27+,55-33+,59-34+. The summed E-state index contributed by atoms with van der Waals surface area (Å²) in [4.78, 5) is 2.27. The third-order valence-electron chi connectivity index (χ3n) is 9.79. The molecule has 0 saturated carbocycles. The molecule has 2 heteroatoms. The zero-order valence-electron chi connectivity index (χ0n) is 36.4. The van der Waals surface area contributed by atoms with Crippen molar-refractivity contribution in [1.29, 1.82) is 0 Å². The van der Waals surface area contributed by atoms with E-state index < -0.39 is 0 Å². The van der Waals surface area contributed by atoms with Gasteiger partial charge >= 0.3 is 0 Å². The Morgan fingerprint density at radius 3 is 2.13 bits per heavy atom. The van der Waals surface area contributed by atoms with Crippen molar-refractivity contribution in [2.45, 2.75) is 33.6 Å².